The first-order valence-electron chi connectivity index (χ1n) is 9.20. The molecule has 0 unspecified atom stereocenters. The molecule has 0 atom stereocenters. The van der Waals surface area contributed by atoms with E-state index in [1.54, 1.807) is 49.3 Å². The number of rotatable bonds is 10. The number of nitrogens with one attached hydrogen (secondary N) is 1. The van der Waals surface area contributed by atoms with Crippen molar-refractivity contribution in [3.8, 4) is 5.75 Å². The van der Waals surface area contributed by atoms with E-state index in [1.165, 1.54) is 0 Å². The van der Waals surface area contributed by atoms with Gasteiger partial charge in [0.2, 0.25) is 5.91 Å². The Balaban J connectivity index is 2.03. The second-order valence-corrected chi connectivity index (χ2v) is 6.39. The van der Waals surface area contributed by atoms with E-state index in [9.17, 15) is 9.59 Å². The lowest BCUT2D eigenvalue weighted by molar-refractivity contribution is -0.117. The first-order valence-corrected chi connectivity index (χ1v) is 9.20. The number of hydrogen-bond acceptors (Lipinski definition) is 5. The number of carbonyl (C=O) groups is 2. The van der Waals surface area contributed by atoms with E-state index in [0.29, 0.717) is 29.4 Å². The molecule has 0 fully saturated rings. The van der Waals surface area contributed by atoms with Crippen LogP contribution in [0.4, 0.5) is 5.82 Å². The third kappa shape index (κ3) is 6.44. The highest BCUT2D eigenvalue weighted by Crippen LogP contribution is 2.14. The second kappa shape index (κ2) is 10.4. The minimum absolute atomic E-state index is 0.0388. The van der Waals surface area contributed by atoms with E-state index in [0.717, 1.165) is 25.7 Å². The van der Waals surface area contributed by atoms with Crippen molar-refractivity contribution < 1.29 is 18.8 Å². The minimum atomic E-state index is -0.305. The third-order valence-corrected chi connectivity index (χ3v) is 4.14. The third-order valence-electron chi connectivity index (χ3n) is 4.14. The van der Waals surface area contributed by atoms with Crippen LogP contribution < -0.4 is 10.1 Å². The Labute approximate surface area is 159 Å². The van der Waals surface area contributed by atoms with Crippen LogP contribution in [0, 0.1) is 6.92 Å². The van der Waals surface area contributed by atoms with Crippen LogP contribution >= 0.6 is 0 Å². The number of ether oxygens (including phenoxy) is 1. The molecule has 0 bridgehead atoms. The van der Waals surface area contributed by atoms with E-state index in [-0.39, 0.29) is 18.4 Å². The highest BCUT2D eigenvalue weighted by molar-refractivity contribution is 5.99. The van der Waals surface area contributed by atoms with Gasteiger partial charge in [0.25, 0.3) is 5.91 Å². The largest absolute Gasteiger partial charge is 0.497 e. The number of aromatic nitrogens is 1. The first kappa shape index (κ1) is 20.5. The number of hydrogen-bond donors (Lipinski definition) is 1. The van der Waals surface area contributed by atoms with E-state index in [4.69, 9.17) is 9.26 Å². The molecule has 0 saturated heterocycles. The molecule has 1 heterocycles. The molecule has 0 aliphatic rings. The van der Waals surface area contributed by atoms with Crippen LogP contribution in [0.1, 0.15) is 48.7 Å². The minimum Gasteiger partial charge on any atom is -0.497 e. The van der Waals surface area contributed by atoms with Gasteiger partial charge in [0.1, 0.15) is 18.1 Å². The molecule has 0 spiro atoms. The van der Waals surface area contributed by atoms with Gasteiger partial charge < -0.3 is 19.5 Å². The number of methoxy groups -OCH3 is 1. The van der Waals surface area contributed by atoms with E-state index in [2.05, 4.69) is 17.4 Å². The predicted molar refractivity (Wildman–Crippen MR) is 103 cm³/mol. The molecule has 7 nitrogen and oxygen atoms in total. The van der Waals surface area contributed by atoms with Crippen molar-refractivity contribution >= 4 is 17.6 Å². The van der Waals surface area contributed by atoms with Gasteiger partial charge >= 0.3 is 0 Å². The van der Waals surface area contributed by atoms with Crippen LogP contribution in [0.5, 0.6) is 5.75 Å². The number of aryl methyl sites for hydroxylation is 1. The topological polar surface area (TPSA) is 84.7 Å². The van der Waals surface area contributed by atoms with E-state index >= 15 is 0 Å². The fourth-order valence-corrected chi connectivity index (χ4v) is 2.68. The van der Waals surface area contributed by atoms with E-state index < -0.39 is 0 Å². The summed E-state index contributed by atoms with van der Waals surface area (Å²) in [6.07, 6.45) is 4.09. The van der Waals surface area contributed by atoms with Gasteiger partial charge in [-0.1, -0.05) is 31.3 Å². The smallest absolute Gasteiger partial charge is 0.254 e. The first-order chi connectivity index (χ1) is 13.0. The summed E-state index contributed by atoms with van der Waals surface area (Å²) in [5.74, 6) is 1.15. The summed E-state index contributed by atoms with van der Waals surface area (Å²) in [7, 11) is 1.58. The Kier molecular flexibility index (Phi) is 7.85. The van der Waals surface area contributed by atoms with Crippen LogP contribution in [0.25, 0.3) is 0 Å². The molecule has 0 radical (unpaired) electrons. The van der Waals surface area contributed by atoms with Crippen molar-refractivity contribution in [2.45, 2.75) is 39.5 Å². The molecular weight excluding hydrogens is 346 g/mol. The van der Waals surface area contributed by atoms with Crippen molar-refractivity contribution in [1.82, 2.24) is 10.1 Å². The Hall–Kier alpha value is -2.83. The molecule has 1 N–H and O–H groups in total. The van der Waals surface area contributed by atoms with Gasteiger partial charge in [-0.3, -0.25) is 9.59 Å². The molecule has 1 aromatic heterocycles. The fourth-order valence-electron chi connectivity index (χ4n) is 2.68. The molecule has 0 aliphatic carbocycles. The maximum atomic E-state index is 12.9. The number of amides is 2. The van der Waals surface area contributed by atoms with Crippen LogP contribution in [0.3, 0.4) is 0 Å². The zero-order chi connectivity index (χ0) is 19.6. The zero-order valence-corrected chi connectivity index (χ0v) is 16.2. The summed E-state index contributed by atoms with van der Waals surface area (Å²) in [6, 6.07) is 8.52. The highest BCUT2D eigenvalue weighted by atomic mass is 16.5. The molecule has 0 saturated carbocycles. The number of carbonyl (C=O) groups excluding carboxylic acids is 2. The molecule has 2 amide bonds. The summed E-state index contributed by atoms with van der Waals surface area (Å²) in [4.78, 5) is 26.8. The number of benzene rings is 1. The standard InChI is InChI=1S/C20H27N3O4/c1-4-5-6-7-12-23(14-19(24)21-18-13-15(2)27-22-18)20(25)16-8-10-17(26-3)11-9-16/h8-11,13H,4-7,12,14H2,1-3H3,(H,21,22,24). The number of nitrogens with zero attached hydrogens (tertiary/aromatic N) is 2. The highest BCUT2D eigenvalue weighted by Gasteiger charge is 2.19. The average Bonchev–Trinajstić information content (AvgIpc) is 3.08. The van der Waals surface area contributed by atoms with Gasteiger partial charge in [-0.2, -0.15) is 0 Å². The lowest BCUT2D eigenvalue weighted by atomic mass is 10.1. The number of anilines is 1. The monoisotopic (exact) mass is 373 g/mol. The van der Waals surface area contributed by atoms with Crippen molar-refractivity contribution in [1.29, 1.82) is 0 Å². The van der Waals surface area contributed by atoms with Crippen LogP contribution in [-0.4, -0.2) is 42.1 Å². The molecule has 27 heavy (non-hydrogen) atoms. The summed E-state index contributed by atoms with van der Waals surface area (Å²) >= 11 is 0. The Morgan fingerprint density at radius 3 is 2.52 bits per heavy atom. The SMILES string of the molecule is CCCCCCN(CC(=O)Nc1cc(C)on1)C(=O)c1ccc(OC)cc1. The summed E-state index contributed by atoms with van der Waals surface area (Å²) < 4.78 is 10.1. The zero-order valence-electron chi connectivity index (χ0n) is 16.2. The Morgan fingerprint density at radius 1 is 1.19 bits per heavy atom. The summed E-state index contributed by atoms with van der Waals surface area (Å²) in [6.45, 7) is 4.36. The van der Waals surface area contributed by atoms with Gasteiger partial charge in [0.05, 0.1) is 7.11 Å². The Bertz CT molecular complexity index is 740. The van der Waals surface area contributed by atoms with Crippen LogP contribution in [0.2, 0.25) is 0 Å². The van der Waals surface area contributed by atoms with Crippen molar-refractivity contribution in [2.75, 3.05) is 25.5 Å². The molecule has 0 aliphatic heterocycles. The predicted octanol–water partition coefficient (Wildman–Crippen LogP) is 3.65. The molecule has 1 aromatic carbocycles. The number of unbranched alkanes of at least 4 members (excludes halogenated alkanes) is 3. The summed E-state index contributed by atoms with van der Waals surface area (Å²) in [5.41, 5.74) is 0.524. The lowest BCUT2D eigenvalue weighted by Crippen LogP contribution is -2.38. The molecule has 146 valence electrons. The van der Waals surface area contributed by atoms with Crippen molar-refractivity contribution in [3.63, 3.8) is 0 Å². The molecule has 2 rings (SSSR count). The van der Waals surface area contributed by atoms with E-state index in [1.807, 2.05) is 0 Å². The maximum Gasteiger partial charge on any atom is 0.254 e. The molecular formula is C20H27N3O4. The lowest BCUT2D eigenvalue weighted by Gasteiger charge is -2.22. The maximum absolute atomic E-state index is 12.9. The van der Waals surface area contributed by atoms with Crippen molar-refractivity contribution in [2.24, 2.45) is 0 Å². The fraction of sp³-hybridized carbons (Fsp3) is 0.450. The molecule has 2 aromatic rings. The van der Waals surface area contributed by atoms with Crippen LogP contribution in [-0.2, 0) is 4.79 Å². The average molecular weight is 373 g/mol. The van der Waals surface area contributed by atoms with Crippen LogP contribution in [0.15, 0.2) is 34.9 Å². The van der Waals surface area contributed by atoms with Gasteiger partial charge in [0.15, 0.2) is 5.82 Å². The Morgan fingerprint density at radius 2 is 1.93 bits per heavy atom. The second-order valence-electron chi connectivity index (χ2n) is 6.39. The summed E-state index contributed by atoms with van der Waals surface area (Å²) in [5, 5.41) is 6.41. The van der Waals surface area contributed by atoms with Gasteiger partial charge in [-0.05, 0) is 37.6 Å². The van der Waals surface area contributed by atoms with Gasteiger partial charge in [-0.15, -0.1) is 0 Å². The van der Waals surface area contributed by atoms with Gasteiger partial charge in [-0.25, -0.2) is 0 Å². The quantitative estimate of drug-likeness (QED) is 0.643. The van der Waals surface area contributed by atoms with Gasteiger partial charge in [0, 0.05) is 18.2 Å². The van der Waals surface area contributed by atoms with Crippen molar-refractivity contribution in [3.05, 3.63) is 41.7 Å². The normalized spacial score (nSPS) is 10.5. The molecule has 7 heteroatoms.